The van der Waals surface area contributed by atoms with Crippen LogP contribution < -0.4 is 5.32 Å². The van der Waals surface area contributed by atoms with Gasteiger partial charge in [-0.1, -0.05) is 13.3 Å². The Kier molecular flexibility index (Phi) is 5.88. The lowest BCUT2D eigenvalue weighted by Gasteiger charge is -2.14. The van der Waals surface area contributed by atoms with Crippen molar-refractivity contribution in [2.24, 2.45) is 5.92 Å². The van der Waals surface area contributed by atoms with Crippen LogP contribution >= 0.6 is 15.9 Å². The van der Waals surface area contributed by atoms with Crippen LogP contribution in [0.4, 0.5) is 0 Å². The van der Waals surface area contributed by atoms with E-state index < -0.39 is 0 Å². The molecule has 0 aromatic carbocycles. The molecule has 0 amide bonds. The molecule has 1 heterocycles. The van der Waals surface area contributed by atoms with Gasteiger partial charge >= 0.3 is 0 Å². The molecular weight excluding hydrogens is 252 g/mol. The van der Waals surface area contributed by atoms with E-state index in [1.165, 1.54) is 18.5 Å². The van der Waals surface area contributed by atoms with E-state index in [1.807, 2.05) is 13.2 Å². The van der Waals surface area contributed by atoms with Crippen molar-refractivity contribution in [1.82, 2.24) is 10.3 Å². The van der Waals surface area contributed by atoms with E-state index in [4.69, 9.17) is 0 Å². The standard InChI is InChI=1S/C12H19BrN2/c1-3-4-10(8-14-2)7-12-6-5-11(13)9-15-12/h5-6,9-10,14H,3-4,7-8H2,1-2H3. The molecule has 0 aliphatic carbocycles. The Morgan fingerprint density at radius 3 is 2.80 bits per heavy atom. The summed E-state index contributed by atoms with van der Waals surface area (Å²) < 4.78 is 1.05. The average Bonchev–Trinajstić information content (AvgIpc) is 2.22. The Balaban J connectivity index is 2.53. The van der Waals surface area contributed by atoms with Crippen molar-refractivity contribution in [3.63, 3.8) is 0 Å². The third-order valence-electron chi connectivity index (χ3n) is 2.48. The van der Waals surface area contributed by atoms with Gasteiger partial charge in [-0.25, -0.2) is 0 Å². The average molecular weight is 271 g/mol. The maximum atomic E-state index is 4.41. The third kappa shape index (κ3) is 4.76. The number of hydrogen-bond donors (Lipinski definition) is 1. The Bertz CT molecular complexity index is 265. The van der Waals surface area contributed by atoms with Gasteiger partial charge in [-0.3, -0.25) is 4.98 Å². The SMILES string of the molecule is CCCC(CNC)Cc1ccc(Br)cn1. The first-order chi connectivity index (χ1) is 7.26. The molecule has 3 heteroatoms. The molecule has 1 unspecified atom stereocenters. The molecule has 84 valence electrons. The highest BCUT2D eigenvalue weighted by Crippen LogP contribution is 2.14. The molecule has 1 rings (SSSR count). The Hall–Kier alpha value is -0.410. The second-order valence-corrected chi connectivity index (χ2v) is 4.80. The van der Waals surface area contributed by atoms with E-state index in [1.54, 1.807) is 0 Å². The van der Waals surface area contributed by atoms with Crippen LogP contribution in [0.1, 0.15) is 25.5 Å². The Morgan fingerprint density at radius 2 is 2.27 bits per heavy atom. The second-order valence-electron chi connectivity index (χ2n) is 3.88. The summed E-state index contributed by atoms with van der Waals surface area (Å²) in [5.74, 6) is 0.702. The van der Waals surface area contributed by atoms with Crippen molar-refractivity contribution in [3.8, 4) is 0 Å². The van der Waals surface area contributed by atoms with Gasteiger partial charge in [0.15, 0.2) is 0 Å². The van der Waals surface area contributed by atoms with Gasteiger partial charge in [-0.2, -0.15) is 0 Å². The molecule has 1 atom stereocenters. The number of nitrogens with one attached hydrogen (secondary N) is 1. The highest BCUT2D eigenvalue weighted by atomic mass is 79.9. The van der Waals surface area contributed by atoms with Crippen LogP contribution in [0.5, 0.6) is 0 Å². The van der Waals surface area contributed by atoms with Gasteiger partial charge in [0.25, 0.3) is 0 Å². The minimum Gasteiger partial charge on any atom is -0.319 e. The summed E-state index contributed by atoms with van der Waals surface area (Å²) in [6.07, 6.45) is 5.45. The van der Waals surface area contributed by atoms with Crippen LogP contribution in [0.15, 0.2) is 22.8 Å². The van der Waals surface area contributed by atoms with Crippen LogP contribution in [0.2, 0.25) is 0 Å². The van der Waals surface area contributed by atoms with Crippen LogP contribution in [0.3, 0.4) is 0 Å². The van der Waals surface area contributed by atoms with E-state index in [0.717, 1.165) is 17.4 Å². The van der Waals surface area contributed by atoms with Crippen molar-refractivity contribution in [2.75, 3.05) is 13.6 Å². The monoisotopic (exact) mass is 270 g/mol. The van der Waals surface area contributed by atoms with Crippen molar-refractivity contribution in [1.29, 1.82) is 0 Å². The molecule has 0 radical (unpaired) electrons. The van der Waals surface area contributed by atoms with E-state index in [2.05, 4.69) is 45.3 Å². The smallest absolute Gasteiger partial charge is 0.0413 e. The van der Waals surface area contributed by atoms with E-state index in [9.17, 15) is 0 Å². The molecule has 15 heavy (non-hydrogen) atoms. The predicted octanol–water partition coefficient (Wildman–Crippen LogP) is 3.02. The fourth-order valence-corrected chi connectivity index (χ4v) is 2.03. The van der Waals surface area contributed by atoms with Crippen molar-refractivity contribution >= 4 is 15.9 Å². The summed E-state index contributed by atoms with van der Waals surface area (Å²) in [6.45, 7) is 3.31. The first kappa shape index (κ1) is 12.7. The Morgan fingerprint density at radius 1 is 1.47 bits per heavy atom. The summed E-state index contributed by atoms with van der Waals surface area (Å²) in [6, 6.07) is 4.16. The normalized spacial score (nSPS) is 12.7. The molecule has 2 nitrogen and oxygen atoms in total. The minimum atomic E-state index is 0.702. The Labute approximate surface area is 101 Å². The van der Waals surface area contributed by atoms with Crippen molar-refractivity contribution in [2.45, 2.75) is 26.2 Å². The number of halogens is 1. The molecule has 1 aromatic rings. The highest BCUT2D eigenvalue weighted by Gasteiger charge is 2.08. The van der Waals surface area contributed by atoms with Crippen molar-refractivity contribution < 1.29 is 0 Å². The molecule has 0 aliphatic rings. The molecular formula is C12H19BrN2. The molecule has 1 N–H and O–H groups in total. The predicted molar refractivity (Wildman–Crippen MR) is 68.0 cm³/mol. The van der Waals surface area contributed by atoms with Crippen LogP contribution in [-0.2, 0) is 6.42 Å². The van der Waals surface area contributed by atoms with Gasteiger partial charge < -0.3 is 5.32 Å². The van der Waals surface area contributed by atoms with Gasteiger partial charge in [0, 0.05) is 16.4 Å². The maximum absolute atomic E-state index is 4.41. The first-order valence-corrected chi connectivity index (χ1v) is 6.30. The first-order valence-electron chi connectivity index (χ1n) is 5.51. The number of pyridine rings is 1. The molecule has 1 aromatic heterocycles. The number of nitrogens with zero attached hydrogens (tertiary/aromatic N) is 1. The fraction of sp³-hybridized carbons (Fsp3) is 0.583. The zero-order valence-corrected chi connectivity index (χ0v) is 11.0. The van der Waals surface area contributed by atoms with Gasteiger partial charge in [0.1, 0.15) is 0 Å². The van der Waals surface area contributed by atoms with Gasteiger partial charge in [-0.15, -0.1) is 0 Å². The lowest BCUT2D eigenvalue weighted by molar-refractivity contribution is 0.452. The van der Waals surface area contributed by atoms with Gasteiger partial charge in [0.05, 0.1) is 0 Å². The third-order valence-corrected chi connectivity index (χ3v) is 2.95. The topological polar surface area (TPSA) is 24.9 Å². The fourth-order valence-electron chi connectivity index (χ4n) is 1.80. The summed E-state index contributed by atoms with van der Waals surface area (Å²) in [5, 5.41) is 3.25. The van der Waals surface area contributed by atoms with E-state index >= 15 is 0 Å². The maximum Gasteiger partial charge on any atom is 0.0413 e. The highest BCUT2D eigenvalue weighted by molar-refractivity contribution is 9.10. The van der Waals surface area contributed by atoms with Gasteiger partial charge in [0.2, 0.25) is 0 Å². The van der Waals surface area contributed by atoms with Crippen LogP contribution in [-0.4, -0.2) is 18.6 Å². The zero-order valence-electron chi connectivity index (χ0n) is 9.46. The number of aromatic nitrogens is 1. The van der Waals surface area contributed by atoms with Crippen LogP contribution in [0.25, 0.3) is 0 Å². The van der Waals surface area contributed by atoms with E-state index in [0.29, 0.717) is 5.92 Å². The largest absolute Gasteiger partial charge is 0.319 e. The lowest BCUT2D eigenvalue weighted by Crippen LogP contribution is -2.21. The molecule has 0 bridgehead atoms. The quantitative estimate of drug-likeness (QED) is 0.860. The van der Waals surface area contributed by atoms with Gasteiger partial charge in [-0.05, 0) is 60.4 Å². The zero-order chi connectivity index (χ0) is 11.1. The molecule has 0 saturated carbocycles. The summed E-state index contributed by atoms with van der Waals surface area (Å²) in [4.78, 5) is 4.41. The van der Waals surface area contributed by atoms with E-state index in [-0.39, 0.29) is 0 Å². The molecule has 0 fully saturated rings. The summed E-state index contributed by atoms with van der Waals surface area (Å²) in [5.41, 5.74) is 1.19. The molecule has 0 saturated heterocycles. The second kappa shape index (κ2) is 6.96. The van der Waals surface area contributed by atoms with Crippen LogP contribution in [0, 0.1) is 5.92 Å². The summed E-state index contributed by atoms with van der Waals surface area (Å²) >= 11 is 3.40. The summed E-state index contributed by atoms with van der Waals surface area (Å²) in [7, 11) is 2.01. The minimum absolute atomic E-state index is 0.702. The number of hydrogen-bond acceptors (Lipinski definition) is 2. The van der Waals surface area contributed by atoms with Crippen molar-refractivity contribution in [3.05, 3.63) is 28.5 Å². The molecule has 0 aliphatic heterocycles. The molecule has 0 spiro atoms. The lowest BCUT2D eigenvalue weighted by atomic mass is 9.97. The number of rotatable bonds is 6.